The van der Waals surface area contributed by atoms with Crippen LogP contribution in [0.2, 0.25) is 0 Å². The van der Waals surface area contributed by atoms with Gasteiger partial charge in [0.05, 0.1) is 0 Å². The highest BCUT2D eigenvalue weighted by atomic mass is 32.1. The molecule has 2 aromatic heterocycles. The number of hydrogen-bond acceptors (Lipinski definition) is 2. The molecular formula is C61H38S2. The number of fused-ring (bicyclic) bond motifs is 15. The number of benzene rings is 11. The second-order valence-electron chi connectivity index (χ2n) is 17.9. The fraction of sp³-hybridized carbons (Fsp3) is 0.0492. The first-order valence-electron chi connectivity index (χ1n) is 21.9. The van der Waals surface area contributed by atoms with E-state index < -0.39 is 0 Å². The molecule has 13 aromatic rings. The topological polar surface area (TPSA) is 0 Å². The lowest BCUT2D eigenvalue weighted by atomic mass is 9.80. The quantitative estimate of drug-likeness (QED) is 0.156. The van der Waals surface area contributed by atoms with Crippen LogP contribution < -0.4 is 0 Å². The van der Waals surface area contributed by atoms with E-state index in [9.17, 15) is 0 Å². The Hall–Kier alpha value is -7.10. The molecule has 0 saturated heterocycles. The third-order valence-corrected chi connectivity index (χ3v) is 16.5. The summed E-state index contributed by atoms with van der Waals surface area (Å²) < 4.78 is 5.41. The Morgan fingerprint density at radius 2 is 0.937 bits per heavy atom. The molecule has 0 fully saturated rings. The van der Waals surface area contributed by atoms with Crippen molar-refractivity contribution in [1.29, 1.82) is 0 Å². The van der Waals surface area contributed by atoms with Crippen LogP contribution in [0, 0.1) is 0 Å². The molecule has 0 aliphatic heterocycles. The van der Waals surface area contributed by atoms with Gasteiger partial charge in [0.1, 0.15) is 0 Å². The van der Waals surface area contributed by atoms with Crippen molar-refractivity contribution < 1.29 is 0 Å². The molecule has 2 heterocycles. The van der Waals surface area contributed by atoms with Gasteiger partial charge in [0.15, 0.2) is 0 Å². The van der Waals surface area contributed by atoms with Crippen molar-refractivity contribution in [3.63, 3.8) is 0 Å². The summed E-state index contributed by atoms with van der Waals surface area (Å²) >= 11 is 3.87. The van der Waals surface area contributed by atoms with Gasteiger partial charge >= 0.3 is 0 Å². The molecule has 11 aromatic carbocycles. The summed E-state index contributed by atoms with van der Waals surface area (Å²) in [6.45, 7) is 4.83. The molecule has 14 rings (SSSR count). The molecule has 1 aliphatic rings. The molecule has 63 heavy (non-hydrogen) atoms. The summed E-state index contributed by atoms with van der Waals surface area (Å²) in [5.41, 5.74) is 13.0. The molecule has 2 heteroatoms. The van der Waals surface area contributed by atoms with Crippen LogP contribution in [0.25, 0.3) is 128 Å². The lowest BCUT2D eigenvalue weighted by molar-refractivity contribution is 0.660. The minimum absolute atomic E-state index is 0.170. The summed E-state index contributed by atoms with van der Waals surface area (Å²) in [5, 5.41) is 15.8. The molecule has 0 nitrogen and oxygen atoms in total. The van der Waals surface area contributed by atoms with Crippen molar-refractivity contribution in [2.75, 3.05) is 0 Å². The second kappa shape index (κ2) is 13.0. The van der Waals surface area contributed by atoms with Crippen LogP contribution in [0.5, 0.6) is 0 Å². The van der Waals surface area contributed by atoms with Crippen LogP contribution in [-0.4, -0.2) is 0 Å². The van der Waals surface area contributed by atoms with Crippen LogP contribution in [0.1, 0.15) is 25.0 Å². The Morgan fingerprint density at radius 1 is 0.317 bits per heavy atom. The highest BCUT2D eigenvalue weighted by molar-refractivity contribution is 7.28. The van der Waals surface area contributed by atoms with Crippen LogP contribution in [0.3, 0.4) is 0 Å². The highest BCUT2D eigenvalue weighted by Crippen LogP contribution is 2.55. The lowest BCUT2D eigenvalue weighted by Gasteiger charge is -2.23. The Morgan fingerprint density at radius 3 is 1.70 bits per heavy atom. The smallest absolute Gasteiger partial charge is 0.0441 e. The maximum Gasteiger partial charge on any atom is 0.0441 e. The van der Waals surface area contributed by atoms with Gasteiger partial charge in [-0.15, -0.1) is 22.7 Å². The second-order valence-corrected chi connectivity index (χ2v) is 20.0. The third kappa shape index (κ3) is 4.91. The Kier molecular flexibility index (Phi) is 7.31. The van der Waals surface area contributed by atoms with E-state index in [-0.39, 0.29) is 5.41 Å². The Labute approximate surface area is 372 Å². The molecular weight excluding hydrogens is 797 g/mol. The molecule has 0 unspecified atom stereocenters. The molecule has 0 amide bonds. The monoisotopic (exact) mass is 834 g/mol. The van der Waals surface area contributed by atoms with Gasteiger partial charge in [0, 0.05) is 51.3 Å². The maximum absolute atomic E-state index is 2.51. The molecule has 0 bridgehead atoms. The van der Waals surface area contributed by atoms with E-state index in [0.29, 0.717) is 0 Å². The van der Waals surface area contributed by atoms with Crippen molar-refractivity contribution in [2.24, 2.45) is 0 Å². The van der Waals surface area contributed by atoms with Crippen LogP contribution in [-0.2, 0) is 5.41 Å². The van der Waals surface area contributed by atoms with Crippen molar-refractivity contribution >= 4 is 106 Å². The maximum atomic E-state index is 2.51. The minimum Gasteiger partial charge on any atom is -0.135 e. The van der Waals surface area contributed by atoms with Gasteiger partial charge in [-0.1, -0.05) is 178 Å². The number of hydrogen-bond donors (Lipinski definition) is 0. The predicted molar refractivity (Wildman–Crippen MR) is 276 cm³/mol. The van der Waals surface area contributed by atoms with E-state index in [2.05, 4.69) is 208 Å². The van der Waals surface area contributed by atoms with E-state index in [1.165, 1.54) is 139 Å². The van der Waals surface area contributed by atoms with E-state index in [4.69, 9.17) is 0 Å². The molecule has 0 spiro atoms. The van der Waals surface area contributed by atoms with Gasteiger partial charge in [-0.05, 0) is 123 Å². The van der Waals surface area contributed by atoms with Gasteiger partial charge in [-0.2, -0.15) is 0 Å². The molecule has 1 aliphatic carbocycles. The van der Waals surface area contributed by atoms with Gasteiger partial charge in [-0.25, -0.2) is 0 Å². The van der Waals surface area contributed by atoms with Gasteiger partial charge in [0.25, 0.3) is 0 Å². The van der Waals surface area contributed by atoms with Gasteiger partial charge in [-0.3, -0.25) is 0 Å². The third-order valence-electron chi connectivity index (χ3n) is 14.2. The number of rotatable bonds is 3. The van der Waals surface area contributed by atoms with Crippen molar-refractivity contribution in [3.05, 3.63) is 205 Å². The van der Waals surface area contributed by atoms with Crippen LogP contribution in [0.15, 0.2) is 194 Å². The predicted octanol–water partition coefficient (Wildman–Crippen LogP) is 18.3. The normalized spacial score (nSPS) is 13.4. The van der Waals surface area contributed by atoms with E-state index >= 15 is 0 Å². The molecule has 0 radical (unpaired) electrons. The van der Waals surface area contributed by atoms with Gasteiger partial charge < -0.3 is 0 Å². The summed E-state index contributed by atoms with van der Waals surface area (Å²) in [6.07, 6.45) is 0. The summed E-state index contributed by atoms with van der Waals surface area (Å²) in [7, 11) is 0. The largest absolute Gasteiger partial charge is 0.135 e. The highest BCUT2D eigenvalue weighted by Gasteiger charge is 2.36. The van der Waals surface area contributed by atoms with Crippen molar-refractivity contribution in [1.82, 2.24) is 0 Å². The Bertz CT molecular complexity index is 4060. The van der Waals surface area contributed by atoms with Crippen LogP contribution in [0.4, 0.5) is 0 Å². The zero-order chi connectivity index (χ0) is 41.6. The fourth-order valence-corrected chi connectivity index (χ4v) is 13.8. The van der Waals surface area contributed by atoms with E-state index in [1.54, 1.807) is 0 Å². The zero-order valence-electron chi connectivity index (χ0n) is 34.8. The first kappa shape index (κ1) is 35.5. The molecule has 0 atom stereocenters. The Balaban J connectivity index is 0.973. The van der Waals surface area contributed by atoms with Crippen molar-refractivity contribution in [3.8, 4) is 44.5 Å². The summed E-state index contributed by atoms with van der Waals surface area (Å²) in [4.78, 5) is 0. The average Bonchev–Trinajstić information content (AvgIpc) is 3.97. The first-order chi connectivity index (χ1) is 31.0. The van der Waals surface area contributed by atoms with Gasteiger partial charge in [0.2, 0.25) is 0 Å². The number of thiophene rings is 2. The standard InChI is InChI=1S/C61H38S2/c1-61(2)50-30-27-37(48-34-54-59(58-47-23-11-12-25-52(47)63-60(48)58)57-40-18-6-4-15-36(40)28-31-53(57)62-54)32-49(50)41-29-26-38(33-51(41)61)55-43-19-7-9-21-45(43)56(46-22-10-8-20-44(46)55)42-24-13-16-35-14-3-5-17-39(35)42/h3-34H,1-2H3. The van der Waals surface area contributed by atoms with Crippen molar-refractivity contribution in [2.45, 2.75) is 19.3 Å². The fourth-order valence-electron chi connectivity index (χ4n) is 11.4. The molecule has 0 saturated carbocycles. The zero-order valence-corrected chi connectivity index (χ0v) is 36.4. The van der Waals surface area contributed by atoms with Crippen LogP contribution >= 0.6 is 22.7 Å². The van der Waals surface area contributed by atoms with E-state index in [1.807, 2.05) is 22.7 Å². The first-order valence-corrected chi connectivity index (χ1v) is 23.5. The summed E-state index contributed by atoms with van der Waals surface area (Å²) in [5.74, 6) is 0. The minimum atomic E-state index is -0.170. The SMILES string of the molecule is CC1(C)c2ccc(-c3cc4sc5ccc6ccccc6c5c4c4c3sc3ccccc34)cc2-c2ccc(-c3c4ccccc4c(-c4cccc5ccccc45)c4ccccc34)cc21. The lowest BCUT2D eigenvalue weighted by Crippen LogP contribution is -2.15. The van der Waals surface area contributed by atoms with E-state index in [0.717, 1.165) is 0 Å². The molecule has 0 N–H and O–H groups in total. The average molecular weight is 835 g/mol. The molecule has 294 valence electrons. The summed E-state index contributed by atoms with van der Waals surface area (Å²) in [6, 6.07) is 73.3.